The molecule has 0 amide bonds. The number of carboxylic acid groups (broad SMARTS) is 1. The van der Waals surface area contributed by atoms with Crippen LogP contribution in [0.1, 0.15) is 6.42 Å². The van der Waals surface area contributed by atoms with E-state index in [4.69, 9.17) is 25.8 Å². The first-order valence-corrected chi connectivity index (χ1v) is 5.29. The van der Waals surface area contributed by atoms with Gasteiger partial charge < -0.3 is 25.8 Å². The molecule has 0 fully saturated rings. The first kappa shape index (κ1) is 13.1. The SMILES string of the molecule is NC(C/C(CP(=O)(O)O)=N\O)C(=O)O. The molecule has 1 atom stereocenters. The number of nitrogens with zero attached hydrogens (tertiary/aromatic N) is 1. The summed E-state index contributed by atoms with van der Waals surface area (Å²) in [4.78, 5) is 27.3. The predicted octanol–water partition coefficient (Wildman–Crippen LogP) is -1.20. The molecule has 0 saturated carbocycles. The zero-order valence-corrected chi connectivity index (χ0v) is 7.96. The van der Waals surface area contributed by atoms with Gasteiger partial charge in [0.2, 0.25) is 0 Å². The van der Waals surface area contributed by atoms with E-state index in [1.807, 2.05) is 0 Å². The first-order valence-electron chi connectivity index (χ1n) is 3.49. The summed E-state index contributed by atoms with van der Waals surface area (Å²) in [7, 11) is -4.36. The lowest BCUT2D eigenvalue weighted by atomic mass is 10.1. The van der Waals surface area contributed by atoms with E-state index in [1.54, 1.807) is 0 Å². The molecule has 0 aromatic heterocycles. The predicted molar refractivity (Wildman–Crippen MR) is 46.4 cm³/mol. The van der Waals surface area contributed by atoms with Crippen LogP contribution in [0.25, 0.3) is 0 Å². The molecule has 0 aromatic rings. The number of hydrogen-bond acceptors (Lipinski definition) is 5. The van der Waals surface area contributed by atoms with E-state index < -0.39 is 32.2 Å². The van der Waals surface area contributed by atoms with Gasteiger partial charge in [-0.1, -0.05) is 5.16 Å². The molecule has 0 aliphatic rings. The van der Waals surface area contributed by atoms with Crippen LogP contribution in [0.2, 0.25) is 0 Å². The Morgan fingerprint density at radius 1 is 1.50 bits per heavy atom. The molecule has 0 saturated heterocycles. The number of aliphatic carboxylic acids is 1. The van der Waals surface area contributed by atoms with Crippen LogP contribution in [0.15, 0.2) is 5.16 Å². The zero-order valence-electron chi connectivity index (χ0n) is 7.07. The van der Waals surface area contributed by atoms with Gasteiger partial charge in [0.15, 0.2) is 0 Å². The van der Waals surface area contributed by atoms with Crippen LogP contribution in [0, 0.1) is 0 Å². The highest BCUT2D eigenvalue weighted by atomic mass is 31.2. The van der Waals surface area contributed by atoms with Crippen LogP contribution in [0.4, 0.5) is 0 Å². The van der Waals surface area contributed by atoms with E-state index in [-0.39, 0.29) is 5.71 Å². The fraction of sp³-hybridized carbons (Fsp3) is 0.600. The maximum Gasteiger partial charge on any atom is 0.331 e. The molecule has 0 aromatic carbocycles. The van der Waals surface area contributed by atoms with Crippen LogP contribution in [0.5, 0.6) is 0 Å². The lowest BCUT2D eigenvalue weighted by Crippen LogP contribution is -2.33. The van der Waals surface area contributed by atoms with Gasteiger partial charge in [0, 0.05) is 6.42 Å². The third-order valence-electron chi connectivity index (χ3n) is 1.30. The summed E-state index contributed by atoms with van der Waals surface area (Å²) in [5.41, 5.74) is 4.73. The van der Waals surface area contributed by atoms with Crippen LogP contribution in [0.3, 0.4) is 0 Å². The van der Waals surface area contributed by atoms with E-state index in [9.17, 15) is 9.36 Å². The molecule has 0 aliphatic carbocycles. The number of carbonyl (C=O) groups is 1. The molecule has 6 N–H and O–H groups in total. The summed E-state index contributed by atoms with van der Waals surface area (Å²) < 4.78 is 10.5. The van der Waals surface area contributed by atoms with Crippen molar-refractivity contribution in [3.8, 4) is 0 Å². The van der Waals surface area contributed by atoms with Gasteiger partial charge in [-0.25, -0.2) is 0 Å². The van der Waals surface area contributed by atoms with Crippen LogP contribution in [-0.2, 0) is 9.36 Å². The van der Waals surface area contributed by atoms with Gasteiger partial charge in [-0.2, -0.15) is 0 Å². The summed E-state index contributed by atoms with van der Waals surface area (Å²) in [6, 6.07) is -1.34. The molecule has 0 spiro atoms. The molecular formula is C5H11N2O6P. The average molecular weight is 226 g/mol. The summed E-state index contributed by atoms with van der Waals surface area (Å²) in [5, 5.41) is 19.3. The standard InChI is InChI=1S/C5H11N2O6P/c6-4(5(8)9)1-3(7-10)2-14(11,12)13/h4,10H,1-2,6H2,(H,8,9)(H2,11,12,13)/b7-3+. The average Bonchev–Trinajstić information content (AvgIpc) is 2.00. The Bertz CT molecular complexity index is 284. The van der Waals surface area contributed by atoms with E-state index in [0.29, 0.717) is 0 Å². The Hall–Kier alpha value is -0.950. The molecule has 1 unspecified atom stereocenters. The largest absolute Gasteiger partial charge is 0.480 e. The van der Waals surface area contributed by atoms with Gasteiger partial charge in [0.1, 0.15) is 6.04 Å². The van der Waals surface area contributed by atoms with Gasteiger partial charge in [0.05, 0.1) is 11.9 Å². The molecule has 0 aliphatic heterocycles. The van der Waals surface area contributed by atoms with E-state index >= 15 is 0 Å². The summed E-state index contributed by atoms with van der Waals surface area (Å²) in [6.45, 7) is 0. The lowest BCUT2D eigenvalue weighted by Gasteiger charge is -2.08. The van der Waals surface area contributed by atoms with E-state index in [0.717, 1.165) is 0 Å². The third-order valence-corrected chi connectivity index (χ3v) is 2.08. The fourth-order valence-electron chi connectivity index (χ4n) is 0.716. The van der Waals surface area contributed by atoms with E-state index in [2.05, 4.69) is 5.16 Å². The number of nitrogens with two attached hydrogens (primary N) is 1. The second kappa shape index (κ2) is 5.06. The highest BCUT2D eigenvalue weighted by molar-refractivity contribution is 7.52. The van der Waals surface area contributed by atoms with Gasteiger partial charge in [-0.3, -0.25) is 9.36 Å². The van der Waals surface area contributed by atoms with Crippen molar-refractivity contribution >= 4 is 19.3 Å². The highest BCUT2D eigenvalue weighted by Gasteiger charge is 2.22. The summed E-state index contributed by atoms with van der Waals surface area (Å²) in [5.74, 6) is -1.34. The molecule has 9 heteroatoms. The Morgan fingerprint density at radius 3 is 2.29 bits per heavy atom. The van der Waals surface area contributed by atoms with Crippen molar-refractivity contribution in [2.45, 2.75) is 12.5 Å². The number of carboxylic acids is 1. The Balaban J connectivity index is 4.34. The zero-order chi connectivity index (χ0) is 11.4. The quantitative estimate of drug-likeness (QED) is 0.170. The second-order valence-electron chi connectivity index (χ2n) is 2.64. The van der Waals surface area contributed by atoms with Gasteiger partial charge in [-0.05, 0) is 0 Å². The molecule has 0 radical (unpaired) electrons. The fourth-order valence-corrected chi connectivity index (χ4v) is 1.38. The van der Waals surface area contributed by atoms with Gasteiger partial charge in [-0.15, -0.1) is 0 Å². The van der Waals surface area contributed by atoms with Crippen molar-refractivity contribution < 1.29 is 29.5 Å². The lowest BCUT2D eigenvalue weighted by molar-refractivity contribution is -0.138. The maximum absolute atomic E-state index is 10.5. The van der Waals surface area contributed by atoms with Crippen molar-refractivity contribution in [2.24, 2.45) is 10.9 Å². The van der Waals surface area contributed by atoms with Gasteiger partial charge in [0.25, 0.3) is 0 Å². The Morgan fingerprint density at radius 2 is 2.00 bits per heavy atom. The molecular weight excluding hydrogens is 215 g/mol. The monoisotopic (exact) mass is 226 g/mol. The highest BCUT2D eigenvalue weighted by Crippen LogP contribution is 2.34. The van der Waals surface area contributed by atoms with Crippen molar-refractivity contribution in [1.82, 2.24) is 0 Å². The van der Waals surface area contributed by atoms with Crippen molar-refractivity contribution in [3.05, 3.63) is 0 Å². The first-order chi connectivity index (χ1) is 6.26. The minimum atomic E-state index is -4.36. The number of rotatable bonds is 5. The maximum atomic E-state index is 10.5. The molecule has 0 bridgehead atoms. The number of oxime groups is 1. The van der Waals surface area contributed by atoms with Gasteiger partial charge >= 0.3 is 13.6 Å². The molecule has 8 nitrogen and oxygen atoms in total. The summed E-state index contributed by atoms with van der Waals surface area (Å²) in [6.07, 6.45) is -1.21. The smallest absolute Gasteiger partial charge is 0.331 e. The Labute approximate surface area is 79.2 Å². The van der Waals surface area contributed by atoms with Crippen molar-refractivity contribution in [2.75, 3.05) is 6.16 Å². The third kappa shape index (κ3) is 5.65. The second-order valence-corrected chi connectivity index (χ2v) is 4.28. The summed E-state index contributed by atoms with van der Waals surface area (Å²) >= 11 is 0. The molecule has 0 heterocycles. The molecule has 14 heavy (non-hydrogen) atoms. The minimum absolute atomic E-state index is 0.340. The normalized spacial score (nSPS) is 15.2. The minimum Gasteiger partial charge on any atom is -0.480 e. The van der Waals surface area contributed by atoms with Crippen LogP contribution >= 0.6 is 7.60 Å². The topological polar surface area (TPSA) is 153 Å². The van der Waals surface area contributed by atoms with Crippen LogP contribution < -0.4 is 5.73 Å². The van der Waals surface area contributed by atoms with Crippen LogP contribution in [-0.4, -0.2) is 44.0 Å². The number of hydrogen-bond donors (Lipinski definition) is 5. The molecule has 82 valence electrons. The Kier molecular flexibility index (Phi) is 4.72. The molecule has 0 rings (SSSR count). The van der Waals surface area contributed by atoms with E-state index in [1.165, 1.54) is 0 Å². The van der Waals surface area contributed by atoms with Crippen molar-refractivity contribution in [1.29, 1.82) is 0 Å². The van der Waals surface area contributed by atoms with Crippen molar-refractivity contribution in [3.63, 3.8) is 0 Å².